The Morgan fingerprint density at radius 1 is 1.25 bits per heavy atom. The zero-order valence-electron chi connectivity index (χ0n) is 7.92. The fraction of sp³-hybridized carbons (Fsp3) is 1.00. The van der Waals surface area contributed by atoms with Crippen molar-refractivity contribution in [2.75, 3.05) is 27.3 Å². The Morgan fingerprint density at radius 2 is 2.00 bits per heavy atom. The van der Waals surface area contributed by atoms with Gasteiger partial charge in [0.2, 0.25) is 0 Å². The summed E-state index contributed by atoms with van der Waals surface area (Å²) in [5, 5.41) is 3.62. The first-order valence-corrected chi connectivity index (χ1v) is 4.77. The molecule has 1 N–H and O–H groups in total. The average molecular weight is 170 g/mol. The molecule has 0 radical (unpaired) electrons. The smallest absolute Gasteiger partial charge is 0.0638 e. The van der Waals surface area contributed by atoms with E-state index in [9.17, 15) is 0 Å². The van der Waals surface area contributed by atoms with Crippen LogP contribution in [0.3, 0.4) is 0 Å². The lowest BCUT2D eigenvalue weighted by atomic mass is 10.1. The fourth-order valence-electron chi connectivity index (χ4n) is 1.76. The summed E-state index contributed by atoms with van der Waals surface area (Å²) in [6, 6.07) is 1.93. The molecule has 2 fully saturated rings. The van der Waals surface area contributed by atoms with Crippen LogP contribution >= 0.6 is 0 Å². The Balaban J connectivity index is 1.84. The molecule has 1 saturated heterocycles. The van der Waals surface area contributed by atoms with Gasteiger partial charge in [-0.05, 0) is 26.9 Å². The van der Waals surface area contributed by atoms with Gasteiger partial charge in [0.1, 0.15) is 0 Å². The third kappa shape index (κ3) is 1.79. The normalized spacial score (nSPS) is 36.2. The summed E-state index contributed by atoms with van der Waals surface area (Å²) in [6.07, 6.45) is 2.72. The van der Waals surface area contributed by atoms with Crippen LogP contribution in [0, 0.1) is 0 Å². The minimum atomic E-state index is 0.562. The summed E-state index contributed by atoms with van der Waals surface area (Å²) < 4.78 is 5.46. The topological polar surface area (TPSA) is 24.5 Å². The van der Waals surface area contributed by atoms with Gasteiger partial charge in [-0.1, -0.05) is 0 Å². The molecule has 0 aromatic heterocycles. The van der Waals surface area contributed by atoms with E-state index in [4.69, 9.17) is 4.74 Å². The lowest BCUT2D eigenvalue weighted by Gasteiger charge is -2.24. The molecule has 12 heavy (non-hydrogen) atoms. The highest BCUT2D eigenvalue weighted by atomic mass is 16.5. The molecule has 1 saturated carbocycles. The van der Waals surface area contributed by atoms with E-state index in [-0.39, 0.29) is 0 Å². The Hall–Kier alpha value is -0.120. The van der Waals surface area contributed by atoms with E-state index in [1.807, 2.05) is 0 Å². The predicted molar refractivity (Wildman–Crippen MR) is 48.2 cm³/mol. The minimum absolute atomic E-state index is 0.562. The largest absolute Gasteiger partial charge is 0.378 e. The van der Waals surface area contributed by atoms with Crippen molar-refractivity contribution in [2.45, 2.75) is 31.0 Å². The van der Waals surface area contributed by atoms with Crippen molar-refractivity contribution in [3.8, 4) is 0 Å². The highest BCUT2D eigenvalue weighted by molar-refractivity contribution is 4.93. The molecule has 0 aromatic carbocycles. The zero-order valence-corrected chi connectivity index (χ0v) is 7.92. The van der Waals surface area contributed by atoms with Crippen molar-refractivity contribution in [1.29, 1.82) is 0 Å². The van der Waals surface area contributed by atoms with Crippen molar-refractivity contribution in [2.24, 2.45) is 0 Å². The van der Waals surface area contributed by atoms with Crippen LogP contribution in [0.2, 0.25) is 0 Å². The molecule has 0 unspecified atom stereocenters. The maximum Gasteiger partial charge on any atom is 0.0638 e. The maximum absolute atomic E-state index is 5.46. The molecule has 2 aliphatic rings. The van der Waals surface area contributed by atoms with E-state index in [1.54, 1.807) is 0 Å². The van der Waals surface area contributed by atoms with Gasteiger partial charge in [0.25, 0.3) is 0 Å². The van der Waals surface area contributed by atoms with Gasteiger partial charge in [-0.2, -0.15) is 0 Å². The first kappa shape index (κ1) is 8.48. The highest BCUT2D eigenvalue weighted by Crippen LogP contribution is 2.22. The van der Waals surface area contributed by atoms with E-state index < -0.39 is 0 Å². The third-order valence-electron chi connectivity index (χ3n) is 2.74. The van der Waals surface area contributed by atoms with Crippen molar-refractivity contribution in [3.63, 3.8) is 0 Å². The van der Waals surface area contributed by atoms with Gasteiger partial charge in [0, 0.05) is 12.1 Å². The molecular formula is C9H18N2O. The summed E-state index contributed by atoms with van der Waals surface area (Å²) in [4.78, 5) is 2.26. The molecule has 1 heterocycles. The van der Waals surface area contributed by atoms with Crippen LogP contribution in [0.15, 0.2) is 0 Å². The summed E-state index contributed by atoms with van der Waals surface area (Å²) in [7, 11) is 4.25. The summed E-state index contributed by atoms with van der Waals surface area (Å²) >= 11 is 0. The van der Waals surface area contributed by atoms with Gasteiger partial charge >= 0.3 is 0 Å². The van der Waals surface area contributed by atoms with Crippen molar-refractivity contribution < 1.29 is 4.74 Å². The molecule has 2 rings (SSSR count). The number of hydrogen-bond donors (Lipinski definition) is 1. The van der Waals surface area contributed by atoms with E-state index in [2.05, 4.69) is 24.3 Å². The van der Waals surface area contributed by atoms with E-state index in [0.29, 0.717) is 12.1 Å². The van der Waals surface area contributed by atoms with E-state index in [0.717, 1.165) is 19.3 Å². The molecule has 1 aliphatic heterocycles. The Kier molecular flexibility index (Phi) is 2.35. The molecule has 0 amide bonds. The van der Waals surface area contributed by atoms with Gasteiger partial charge in [0.15, 0.2) is 0 Å². The second kappa shape index (κ2) is 3.32. The van der Waals surface area contributed by atoms with Crippen LogP contribution in [0.25, 0.3) is 0 Å². The van der Waals surface area contributed by atoms with Crippen LogP contribution < -0.4 is 5.32 Å². The molecule has 1 aliphatic carbocycles. The van der Waals surface area contributed by atoms with Crippen molar-refractivity contribution in [1.82, 2.24) is 10.2 Å². The second-order valence-corrected chi connectivity index (χ2v) is 4.12. The van der Waals surface area contributed by atoms with Crippen LogP contribution in [-0.2, 0) is 4.74 Å². The lowest BCUT2D eigenvalue weighted by Crippen LogP contribution is -2.47. The van der Waals surface area contributed by atoms with E-state index in [1.165, 1.54) is 12.8 Å². The number of nitrogens with one attached hydrogen (secondary N) is 1. The molecular weight excluding hydrogens is 152 g/mol. The van der Waals surface area contributed by atoms with E-state index >= 15 is 0 Å². The Bertz CT molecular complexity index is 157. The quantitative estimate of drug-likeness (QED) is 0.648. The molecule has 70 valence electrons. The zero-order chi connectivity index (χ0) is 8.55. The van der Waals surface area contributed by atoms with Gasteiger partial charge in [-0.25, -0.2) is 0 Å². The Labute approximate surface area is 74.1 Å². The standard InChI is InChI=1S/C9H18N2O/c1-11(2)9-6-12-5-8(9)10-7-3-4-7/h7-10H,3-6H2,1-2H3/t8-,9-/m0/s1. The van der Waals surface area contributed by atoms with Crippen LogP contribution in [-0.4, -0.2) is 50.3 Å². The van der Waals surface area contributed by atoms with Gasteiger partial charge in [0.05, 0.1) is 19.3 Å². The molecule has 0 bridgehead atoms. The summed E-state index contributed by atoms with van der Waals surface area (Å²) in [5.74, 6) is 0. The maximum atomic E-state index is 5.46. The highest BCUT2D eigenvalue weighted by Gasteiger charge is 2.34. The molecule has 3 nitrogen and oxygen atoms in total. The SMILES string of the molecule is CN(C)[C@H]1COC[C@@H]1NC1CC1. The fourth-order valence-corrected chi connectivity index (χ4v) is 1.76. The van der Waals surface area contributed by atoms with Crippen LogP contribution in [0.1, 0.15) is 12.8 Å². The molecule has 0 spiro atoms. The van der Waals surface area contributed by atoms with Crippen LogP contribution in [0.4, 0.5) is 0 Å². The number of nitrogens with zero attached hydrogens (tertiary/aromatic N) is 1. The molecule has 2 atom stereocenters. The van der Waals surface area contributed by atoms with Gasteiger partial charge in [-0.15, -0.1) is 0 Å². The number of likely N-dealkylation sites (N-methyl/N-ethyl adjacent to an activating group) is 1. The molecule has 0 aromatic rings. The Morgan fingerprint density at radius 3 is 2.58 bits per heavy atom. The first-order valence-electron chi connectivity index (χ1n) is 4.77. The second-order valence-electron chi connectivity index (χ2n) is 4.12. The summed E-state index contributed by atoms with van der Waals surface area (Å²) in [6.45, 7) is 1.77. The first-order chi connectivity index (χ1) is 5.77. The van der Waals surface area contributed by atoms with Crippen LogP contribution in [0.5, 0.6) is 0 Å². The monoisotopic (exact) mass is 170 g/mol. The van der Waals surface area contributed by atoms with Gasteiger partial charge < -0.3 is 15.0 Å². The predicted octanol–water partition coefficient (Wildman–Crippen LogP) is 0.0674. The van der Waals surface area contributed by atoms with Crippen molar-refractivity contribution in [3.05, 3.63) is 0 Å². The number of rotatable bonds is 3. The average Bonchev–Trinajstić information content (AvgIpc) is 2.66. The minimum Gasteiger partial charge on any atom is -0.378 e. The summed E-state index contributed by atoms with van der Waals surface area (Å²) in [5.41, 5.74) is 0. The lowest BCUT2D eigenvalue weighted by molar-refractivity contribution is 0.169. The number of hydrogen-bond acceptors (Lipinski definition) is 3. The van der Waals surface area contributed by atoms with Crippen molar-refractivity contribution >= 4 is 0 Å². The number of ether oxygens (including phenoxy) is 1. The van der Waals surface area contributed by atoms with Gasteiger partial charge in [-0.3, -0.25) is 0 Å². The third-order valence-corrected chi connectivity index (χ3v) is 2.74. The molecule has 3 heteroatoms.